The Bertz CT molecular complexity index is 663. The molecule has 1 heterocycles. The minimum Gasteiger partial charge on any atom is -0.543 e. The molecule has 0 fully saturated rings. The highest BCUT2D eigenvalue weighted by atomic mass is 32.1. The van der Waals surface area contributed by atoms with Crippen LogP contribution in [0.4, 0.5) is 0 Å². The molecule has 104 valence electrons. The number of aromatic carboxylic acids is 1. The number of hydrogen-bond donors (Lipinski definition) is 0. The smallest absolute Gasteiger partial charge is 0.228 e. The number of carbonyl (C=O) groups is 2. The fraction of sp³-hybridized carbons (Fsp3) is 0.214. The lowest BCUT2D eigenvalue weighted by atomic mass is 10.1. The second-order valence-electron chi connectivity index (χ2n) is 4.24. The Kier molecular flexibility index (Phi) is 4.14. The fourth-order valence-electron chi connectivity index (χ4n) is 1.58. The number of ketones is 1. The first-order chi connectivity index (χ1) is 9.49. The summed E-state index contributed by atoms with van der Waals surface area (Å²) in [5.74, 6) is -1.12. The lowest BCUT2D eigenvalue weighted by Gasteiger charge is -2.09. The normalized spacial score (nSPS) is 10.3. The highest BCUT2D eigenvalue weighted by Gasteiger charge is 2.13. The zero-order valence-corrected chi connectivity index (χ0v) is 11.8. The number of aryl methyl sites for hydroxylation is 1. The molecule has 0 atom stereocenters. The molecule has 6 heteroatoms. The summed E-state index contributed by atoms with van der Waals surface area (Å²) in [5, 5.41) is 12.0. The van der Waals surface area contributed by atoms with E-state index in [2.05, 4.69) is 4.98 Å². The van der Waals surface area contributed by atoms with Gasteiger partial charge in [-0.25, -0.2) is 4.98 Å². The number of ether oxygens (including phenoxy) is 1. The molecule has 0 aliphatic rings. The standard InChI is InChI=1S/C14H13NO4S/c1-8-4-3-5-12(9(8)2)19-6-11(16)13-15-10(7-20-13)14(17)18/h3-5,7H,6H2,1-2H3,(H,17,18)/p-1. The average molecular weight is 290 g/mol. The molecule has 0 aliphatic carbocycles. The molecule has 1 aromatic carbocycles. The van der Waals surface area contributed by atoms with Gasteiger partial charge in [-0.2, -0.15) is 0 Å². The molecule has 20 heavy (non-hydrogen) atoms. The van der Waals surface area contributed by atoms with Crippen LogP contribution < -0.4 is 9.84 Å². The van der Waals surface area contributed by atoms with Crippen molar-refractivity contribution in [1.29, 1.82) is 0 Å². The molecule has 0 aliphatic heterocycles. The quantitative estimate of drug-likeness (QED) is 0.777. The molecular weight excluding hydrogens is 278 g/mol. The third kappa shape index (κ3) is 3.03. The molecule has 5 nitrogen and oxygen atoms in total. The largest absolute Gasteiger partial charge is 0.543 e. The van der Waals surface area contributed by atoms with Crippen LogP contribution in [0.1, 0.15) is 31.4 Å². The van der Waals surface area contributed by atoms with Crippen LogP contribution in [-0.2, 0) is 0 Å². The molecule has 0 amide bonds. The number of Topliss-reactive ketones (excluding diaryl/α,β-unsaturated/α-hetero) is 1. The van der Waals surface area contributed by atoms with E-state index in [9.17, 15) is 14.7 Å². The molecule has 0 saturated heterocycles. The summed E-state index contributed by atoms with van der Waals surface area (Å²) in [5.41, 5.74) is 1.81. The molecule has 0 bridgehead atoms. The summed E-state index contributed by atoms with van der Waals surface area (Å²) in [6, 6.07) is 5.58. The lowest BCUT2D eigenvalue weighted by molar-refractivity contribution is -0.255. The molecule has 2 aromatic rings. The number of carbonyl (C=O) groups excluding carboxylic acids is 2. The Hall–Kier alpha value is -2.21. The van der Waals surface area contributed by atoms with Gasteiger partial charge >= 0.3 is 0 Å². The van der Waals surface area contributed by atoms with Gasteiger partial charge < -0.3 is 14.6 Å². The Morgan fingerprint density at radius 3 is 2.75 bits per heavy atom. The minimum atomic E-state index is -1.39. The molecule has 0 N–H and O–H groups in total. The molecule has 2 rings (SSSR count). The van der Waals surface area contributed by atoms with Gasteiger partial charge in [0.15, 0.2) is 11.6 Å². The maximum atomic E-state index is 11.9. The van der Waals surface area contributed by atoms with Crippen LogP contribution in [-0.4, -0.2) is 23.3 Å². The van der Waals surface area contributed by atoms with Gasteiger partial charge in [-0.1, -0.05) is 12.1 Å². The molecule has 0 radical (unpaired) electrons. The van der Waals surface area contributed by atoms with Crippen molar-refractivity contribution in [2.45, 2.75) is 13.8 Å². The van der Waals surface area contributed by atoms with Gasteiger partial charge in [0, 0.05) is 5.38 Å². The first-order valence-electron chi connectivity index (χ1n) is 5.88. The lowest BCUT2D eigenvalue weighted by Crippen LogP contribution is -2.23. The van der Waals surface area contributed by atoms with Crippen LogP contribution in [0.15, 0.2) is 23.6 Å². The second kappa shape index (κ2) is 5.83. The van der Waals surface area contributed by atoms with Gasteiger partial charge in [-0.3, -0.25) is 4.79 Å². The monoisotopic (exact) mass is 290 g/mol. The summed E-state index contributed by atoms with van der Waals surface area (Å²) in [4.78, 5) is 26.1. The van der Waals surface area contributed by atoms with Crippen LogP contribution in [0.25, 0.3) is 0 Å². The number of nitrogens with zero attached hydrogens (tertiary/aromatic N) is 1. The predicted octanol–water partition coefficient (Wildman–Crippen LogP) is 1.39. The number of thiazole rings is 1. The number of rotatable bonds is 5. The topological polar surface area (TPSA) is 79.3 Å². The van der Waals surface area contributed by atoms with E-state index in [1.807, 2.05) is 26.0 Å². The summed E-state index contributed by atoms with van der Waals surface area (Å²) in [6.07, 6.45) is 0. The highest BCUT2D eigenvalue weighted by molar-refractivity contribution is 7.11. The van der Waals surface area contributed by atoms with Crippen molar-refractivity contribution >= 4 is 23.1 Å². The zero-order valence-electron chi connectivity index (χ0n) is 11.0. The van der Waals surface area contributed by atoms with E-state index in [-0.39, 0.29) is 23.1 Å². The SMILES string of the molecule is Cc1cccc(OCC(=O)c2nc(C(=O)[O-])cs2)c1C. The Balaban J connectivity index is 2.04. The minimum absolute atomic E-state index is 0.106. The van der Waals surface area contributed by atoms with Crippen LogP contribution in [0.2, 0.25) is 0 Å². The summed E-state index contributed by atoms with van der Waals surface area (Å²) in [7, 11) is 0. The first-order valence-corrected chi connectivity index (χ1v) is 6.76. The zero-order chi connectivity index (χ0) is 14.7. The van der Waals surface area contributed by atoms with E-state index < -0.39 is 5.97 Å². The van der Waals surface area contributed by atoms with Crippen molar-refractivity contribution in [2.75, 3.05) is 6.61 Å². The number of benzene rings is 1. The molecule has 0 spiro atoms. The second-order valence-corrected chi connectivity index (χ2v) is 5.09. The van der Waals surface area contributed by atoms with Crippen LogP contribution in [0.3, 0.4) is 0 Å². The average Bonchev–Trinajstić information content (AvgIpc) is 2.90. The van der Waals surface area contributed by atoms with E-state index in [1.165, 1.54) is 5.38 Å². The van der Waals surface area contributed by atoms with Crippen LogP contribution in [0, 0.1) is 13.8 Å². The van der Waals surface area contributed by atoms with Gasteiger partial charge in [0.05, 0.1) is 11.7 Å². The first kappa shape index (κ1) is 14.2. The molecular formula is C14H12NO4S-. The number of hydrogen-bond acceptors (Lipinski definition) is 6. The van der Waals surface area contributed by atoms with E-state index in [4.69, 9.17) is 4.74 Å². The van der Waals surface area contributed by atoms with Gasteiger partial charge in [-0.05, 0) is 31.0 Å². The van der Waals surface area contributed by atoms with Crippen molar-refractivity contribution in [1.82, 2.24) is 4.98 Å². The summed E-state index contributed by atoms with van der Waals surface area (Å²) in [6.45, 7) is 3.69. The molecule has 1 aromatic heterocycles. The third-order valence-corrected chi connectivity index (χ3v) is 3.75. The van der Waals surface area contributed by atoms with Gasteiger partial charge in [0.25, 0.3) is 0 Å². The van der Waals surface area contributed by atoms with E-state index in [0.717, 1.165) is 22.5 Å². The Morgan fingerprint density at radius 2 is 2.10 bits per heavy atom. The maximum absolute atomic E-state index is 11.9. The number of aromatic nitrogens is 1. The third-order valence-electron chi connectivity index (χ3n) is 2.87. The van der Waals surface area contributed by atoms with E-state index in [0.29, 0.717) is 5.75 Å². The molecule has 0 saturated carbocycles. The Labute approximate surface area is 119 Å². The predicted molar refractivity (Wildman–Crippen MR) is 72.2 cm³/mol. The number of carboxylic acids is 1. The van der Waals surface area contributed by atoms with Gasteiger partial charge in [0.2, 0.25) is 5.78 Å². The van der Waals surface area contributed by atoms with Crippen molar-refractivity contribution in [3.8, 4) is 5.75 Å². The van der Waals surface area contributed by atoms with Crippen LogP contribution in [0.5, 0.6) is 5.75 Å². The van der Waals surface area contributed by atoms with Gasteiger partial charge in [0.1, 0.15) is 5.75 Å². The number of carboxylic acid groups (broad SMARTS) is 1. The van der Waals surface area contributed by atoms with Crippen molar-refractivity contribution < 1.29 is 19.4 Å². The summed E-state index contributed by atoms with van der Waals surface area (Å²) >= 11 is 0.967. The van der Waals surface area contributed by atoms with Gasteiger partial charge in [-0.15, -0.1) is 11.3 Å². The fourth-order valence-corrected chi connectivity index (χ4v) is 2.29. The van der Waals surface area contributed by atoms with Crippen molar-refractivity contribution in [2.24, 2.45) is 0 Å². The Morgan fingerprint density at radius 1 is 1.35 bits per heavy atom. The maximum Gasteiger partial charge on any atom is 0.228 e. The van der Waals surface area contributed by atoms with E-state index >= 15 is 0 Å². The summed E-state index contributed by atoms with van der Waals surface area (Å²) < 4.78 is 5.46. The molecule has 0 unspecified atom stereocenters. The van der Waals surface area contributed by atoms with Crippen molar-refractivity contribution in [3.05, 3.63) is 45.4 Å². The van der Waals surface area contributed by atoms with Crippen molar-refractivity contribution in [3.63, 3.8) is 0 Å². The highest BCUT2D eigenvalue weighted by Crippen LogP contribution is 2.21. The van der Waals surface area contributed by atoms with E-state index in [1.54, 1.807) is 6.07 Å². The van der Waals surface area contributed by atoms with Crippen LogP contribution >= 0.6 is 11.3 Å².